The molecule has 0 heterocycles. The van der Waals surface area contributed by atoms with Gasteiger partial charge in [-0.15, -0.1) is 0 Å². The van der Waals surface area contributed by atoms with E-state index in [9.17, 15) is 4.39 Å². The van der Waals surface area contributed by atoms with Crippen molar-refractivity contribution in [3.63, 3.8) is 0 Å². The van der Waals surface area contributed by atoms with Gasteiger partial charge in [0.2, 0.25) is 0 Å². The van der Waals surface area contributed by atoms with Crippen LogP contribution in [0.4, 0.5) is 4.39 Å². The zero-order valence-corrected chi connectivity index (χ0v) is 12.0. The molecule has 0 spiro atoms. The lowest BCUT2D eigenvalue weighted by Crippen LogP contribution is -2.34. The fourth-order valence-electron chi connectivity index (χ4n) is 2.62. The lowest BCUT2D eigenvalue weighted by Gasteiger charge is -2.28. The van der Waals surface area contributed by atoms with E-state index in [0.717, 1.165) is 17.4 Å². The number of hydrogen-bond acceptors (Lipinski definition) is 2. The fraction of sp³-hybridized carbons (Fsp3) is 0.600. The van der Waals surface area contributed by atoms with Crippen molar-refractivity contribution in [2.75, 3.05) is 6.26 Å². The van der Waals surface area contributed by atoms with Crippen LogP contribution in [0.2, 0.25) is 0 Å². The van der Waals surface area contributed by atoms with Gasteiger partial charge in [0.05, 0.1) is 0 Å². The SMILES string of the molecule is CSC1CCCC(NCc2ccc(F)c(C)c2)C1. The van der Waals surface area contributed by atoms with Gasteiger partial charge in [0.25, 0.3) is 0 Å². The third-order valence-corrected chi connectivity index (χ3v) is 4.87. The third kappa shape index (κ3) is 3.72. The second-order valence-electron chi connectivity index (χ2n) is 5.19. The van der Waals surface area contributed by atoms with Gasteiger partial charge in [0.1, 0.15) is 5.82 Å². The van der Waals surface area contributed by atoms with Gasteiger partial charge in [0, 0.05) is 17.8 Å². The second-order valence-corrected chi connectivity index (χ2v) is 6.32. The molecule has 1 nitrogen and oxygen atoms in total. The van der Waals surface area contributed by atoms with E-state index in [1.807, 2.05) is 30.8 Å². The van der Waals surface area contributed by atoms with Gasteiger partial charge in [-0.2, -0.15) is 11.8 Å². The number of nitrogens with one attached hydrogen (secondary N) is 1. The molecule has 1 N–H and O–H groups in total. The summed E-state index contributed by atoms with van der Waals surface area (Å²) in [6, 6.07) is 6.01. The lowest BCUT2D eigenvalue weighted by atomic mass is 9.94. The van der Waals surface area contributed by atoms with Crippen LogP contribution in [-0.4, -0.2) is 17.5 Å². The quantitative estimate of drug-likeness (QED) is 0.888. The van der Waals surface area contributed by atoms with Gasteiger partial charge < -0.3 is 5.32 Å². The maximum Gasteiger partial charge on any atom is 0.126 e. The topological polar surface area (TPSA) is 12.0 Å². The largest absolute Gasteiger partial charge is 0.310 e. The fourth-order valence-corrected chi connectivity index (χ4v) is 3.45. The van der Waals surface area contributed by atoms with E-state index in [4.69, 9.17) is 0 Å². The maximum atomic E-state index is 13.2. The molecule has 1 aromatic rings. The normalized spacial score (nSPS) is 24.2. The van der Waals surface area contributed by atoms with Gasteiger partial charge in [-0.1, -0.05) is 18.6 Å². The van der Waals surface area contributed by atoms with Crippen LogP contribution in [0.5, 0.6) is 0 Å². The molecule has 0 amide bonds. The average molecular weight is 267 g/mol. The van der Waals surface area contributed by atoms with Crippen molar-refractivity contribution in [3.05, 3.63) is 35.1 Å². The molecule has 0 saturated heterocycles. The van der Waals surface area contributed by atoms with E-state index in [2.05, 4.69) is 11.6 Å². The Morgan fingerprint density at radius 2 is 2.22 bits per heavy atom. The minimum Gasteiger partial charge on any atom is -0.310 e. The van der Waals surface area contributed by atoms with Gasteiger partial charge in [-0.05, 0) is 49.6 Å². The van der Waals surface area contributed by atoms with E-state index in [1.165, 1.54) is 31.2 Å². The lowest BCUT2D eigenvalue weighted by molar-refractivity contribution is 0.380. The van der Waals surface area contributed by atoms with E-state index in [1.54, 1.807) is 6.07 Å². The monoisotopic (exact) mass is 267 g/mol. The van der Waals surface area contributed by atoms with Crippen LogP contribution >= 0.6 is 11.8 Å². The van der Waals surface area contributed by atoms with Crippen LogP contribution < -0.4 is 5.32 Å². The molecule has 0 radical (unpaired) electrons. The molecule has 2 atom stereocenters. The van der Waals surface area contributed by atoms with Crippen LogP contribution in [0.3, 0.4) is 0 Å². The Kier molecular flexibility index (Phi) is 5.07. The first-order valence-corrected chi connectivity index (χ1v) is 7.99. The molecule has 1 aromatic carbocycles. The number of rotatable bonds is 4. The first-order chi connectivity index (χ1) is 8.69. The smallest absolute Gasteiger partial charge is 0.126 e. The van der Waals surface area contributed by atoms with Crippen LogP contribution in [0, 0.1) is 12.7 Å². The van der Waals surface area contributed by atoms with Crippen molar-refractivity contribution >= 4 is 11.8 Å². The van der Waals surface area contributed by atoms with E-state index in [0.29, 0.717) is 6.04 Å². The summed E-state index contributed by atoms with van der Waals surface area (Å²) in [6.45, 7) is 2.68. The Labute approximate surface area is 114 Å². The summed E-state index contributed by atoms with van der Waals surface area (Å²) in [5.74, 6) is -0.112. The van der Waals surface area contributed by atoms with Crippen LogP contribution in [0.15, 0.2) is 18.2 Å². The molecule has 3 heteroatoms. The van der Waals surface area contributed by atoms with Crippen LogP contribution in [0.25, 0.3) is 0 Å². The summed E-state index contributed by atoms with van der Waals surface area (Å²) < 4.78 is 13.2. The highest BCUT2D eigenvalue weighted by atomic mass is 32.2. The Balaban J connectivity index is 1.85. The molecule has 0 aliphatic heterocycles. The van der Waals surface area contributed by atoms with E-state index >= 15 is 0 Å². The first kappa shape index (κ1) is 13.9. The number of thioether (sulfide) groups is 1. The third-order valence-electron chi connectivity index (χ3n) is 3.78. The van der Waals surface area contributed by atoms with Crippen molar-refractivity contribution < 1.29 is 4.39 Å². The number of aryl methyl sites for hydroxylation is 1. The summed E-state index contributed by atoms with van der Waals surface area (Å²) in [4.78, 5) is 0. The minimum absolute atomic E-state index is 0.112. The molecule has 1 aliphatic carbocycles. The van der Waals surface area contributed by atoms with E-state index in [-0.39, 0.29) is 5.82 Å². The number of hydrogen-bond donors (Lipinski definition) is 1. The zero-order valence-electron chi connectivity index (χ0n) is 11.2. The highest BCUT2D eigenvalue weighted by Crippen LogP contribution is 2.27. The van der Waals surface area contributed by atoms with Crippen LogP contribution in [0.1, 0.15) is 36.8 Å². The Morgan fingerprint density at radius 1 is 1.39 bits per heavy atom. The molecule has 18 heavy (non-hydrogen) atoms. The molecular weight excluding hydrogens is 245 g/mol. The first-order valence-electron chi connectivity index (χ1n) is 6.70. The minimum atomic E-state index is -0.112. The predicted octanol–water partition coefficient (Wildman–Crippen LogP) is 3.90. The molecule has 100 valence electrons. The second kappa shape index (κ2) is 6.58. The molecule has 1 aliphatic rings. The standard InChI is InChI=1S/C15H22FNS/c1-11-8-12(6-7-15(11)16)10-17-13-4-3-5-14(9-13)18-2/h6-8,13-14,17H,3-5,9-10H2,1-2H3. The summed E-state index contributed by atoms with van der Waals surface area (Å²) >= 11 is 1.99. The number of halogens is 1. The van der Waals surface area contributed by atoms with Crippen LogP contribution in [-0.2, 0) is 6.54 Å². The summed E-state index contributed by atoms with van der Waals surface area (Å²) in [5.41, 5.74) is 1.92. The molecule has 1 fully saturated rings. The highest BCUT2D eigenvalue weighted by Gasteiger charge is 2.20. The van der Waals surface area contributed by atoms with Crippen molar-refractivity contribution in [2.45, 2.75) is 50.4 Å². The Morgan fingerprint density at radius 3 is 2.94 bits per heavy atom. The van der Waals surface area contributed by atoms with Gasteiger partial charge in [-0.25, -0.2) is 4.39 Å². The summed E-state index contributed by atoms with van der Waals surface area (Å²) in [7, 11) is 0. The zero-order chi connectivity index (χ0) is 13.0. The van der Waals surface area contributed by atoms with Crippen molar-refractivity contribution in [1.29, 1.82) is 0 Å². The van der Waals surface area contributed by atoms with E-state index < -0.39 is 0 Å². The van der Waals surface area contributed by atoms with Crippen molar-refractivity contribution in [3.8, 4) is 0 Å². The highest BCUT2D eigenvalue weighted by molar-refractivity contribution is 7.99. The molecule has 2 unspecified atom stereocenters. The molecule has 0 aromatic heterocycles. The average Bonchev–Trinajstić information content (AvgIpc) is 2.40. The Bertz CT molecular complexity index is 394. The summed E-state index contributed by atoms with van der Waals surface area (Å²) in [5, 5.41) is 4.42. The van der Waals surface area contributed by atoms with Gasteiger partial charge in [-0.3, -0.25) is 0 Å². The van der Waals surface area contributed by atoms with Gasteiger partial charge in [0.15, 0.2) is 0 Å². The van der Waals surface area contributed by atoms with Crippen molar-refractivity contribution in [2.24, 2.45) is 0 Å². The maximum absolute atomic E-state index is 13.2. The summed E-state index contributed by atoms with van der Waals surface area (Å²) in [6.07, 6.45) is 7.43. The molecule has 1 saturated carbocycles. The Hall–Kier alpha value is -0.540. The molecular formula is C15H22FNS. The molecule has 0 bridgehead atoms. The number of benzene rings is 1. The molecule has 2 rings (SSSR count). The predicted molar refractivity (Wildman–Crippen MR) is 77.5 cm³/mol. The van der Waals surface area contributed by atoms with Gasteiger partial charge >= 0.3 is 0 Å². The van der Waals surface area contributed by atoms with Crippen molar-refractivity contribution in [1.82, 2.24) is 5.32 Å².